The molecule has 0 unspecified atom stereocenters. The van der Waals surface area contributed by atoms with Gasteiger partial charge in [-0.3, -0.25) is 0 Å². The molecule has 0 saturated carbocycles. The number of rotatable bonds is 4. The molecule has 1 aromatic heterocycles. The summed E-state index contributed by atoms with van der Waals surface area (Å²) in [5.74, 6) is 0.636. The quantitative estimate of drug-likeness (QED) is 0.534. The third kappa shape index (κ3) is 4.86. The predicted molar refractivity (Wildman–Crippen MR) is 137 cm³/mol. The molecule has 2 atom stereocenters. The van der Waals surface area contributed by atoms with E-state index in [9.17, 15) is 9.18 Å². The monoisotopic (exact) mass is 491 g/mol. The van der Waals surface area contributed by atoms with E-state index in [0.29, 0.717) is 31.1 Å². The highest BCUT2D eigenvalue weighted by Gasteiger charge is 2.31. The summed E-state index contributed by atoms with van der Waals surface area (Å²) in [6.45, 7) is 5.97. The molecule has 8 heteroatoms. The van der Waals surface area contributed by atoms with Gasteiger partial charge in [-0.25, -0.2) is 19.2 Å². The van der Waals surface area contributed by atoms with Crippen molar-refractivity contribution in [3.63, 3.8) is 0 Å². The minimum Gasteiger partial charge on any atom is -0.352 e. The fourth-order valence-corrected chi connectivity index (χ4v) is 4.90. The van der Waals surface area contributed by atoms with E-state index in [1.54, 1.807) is 18.5 Å². The van der Waals surface area contributed by atoms with Gasteiger partial charge in [-0.05, 0) is 60.9 Å². The van der Waals surface area contributed by atoms with Crippen LogP contribution in [0.15, 0.2) is 54.9 Å². The molecule has 35 heavy (non-hydrogen) atoms. The number of piperazine rings is 1. The molecule has 6 nitrogen and oxygen atoms in total. The first kappa shape index (κ1) is 23.3. The van der Waals surface area contributed by atoms with Crippen molar-refractivity contribution < 1.29 is 9.18 Å². The second-order valence-electron chi connectivity index (χ2n) is 9.12. The molecule has 5 rings (SSSR count). The molecule has 1 fully saturated rings. The summed E-state index contributed by atoms with van der Waals surface area (Å²) in [7, 11) is 0. The summed E-state index contributed by atoms with van der Waals surface area (Å²) >= 11 is 5.98. The molecule has 180 valence electrons. The third-order valence-electron chi connectivity index (χ3n) is 6.73. The van der Waals surface area contributed by atoms with E-state index in [2.05, 4.69) is 33.2 Å². The van der Waals surface area contributed by atoms with Crippen molar-refractivity contribution >= 4 is 35.1 Å². The Morgan fingerprint density at radius 3 is 2.57 bits per heavy atom. The zero-order valence-electron chi connectivity index (χ0n) is 19.7. The predicted octanol–water partition coefficient (Wildman–Crippen LogP) is 5.35. The van der Waals surface area contributed by atoms with Crippen LogP contribution in [0.1, 0.15) is 42.3 Å². The maximum atomic E-state index is 13.4. The number of aromatic nitrogens is 2. The van der Waals surface area contributed by atoms with E-state index in [0.717, 1.165) is 33.8 Å². The maximum absolute atomic E-state index is 13.4. The number of hydrogen-bond acceptors (Lipinski definition) is 4. The van der Waals surface area contributed by atoms with Gasteiger partial charge < -0.3 is 15.1 Å². The number of carbonyl (C=O) groups is 1. The average Bonchev–Trinajstić information content (AvgIpc) is 3.29. The Morgan fingerprint density at radius 1 is 1.11 bits per heavy atom. The molecule has 1 N–H and O–H groups in total. The van der Waals surface area contributed by atoms with Crippen LogP contribution in [0.2, 0.25) is 5.02 Å². The Bertz CT molecular complexity index is 1260. The van der Waals surface area contributed by atoms with Gasteiger partial charge in [0.2, 0.25) is 0 Å². The first-order valence-corrected chi connectivity index (χ1v) is 12.1. The second-order valence-corrected chi connectivity index (χ2v) is 9.56. The summed E-state index contributed by atoms with van der Waals surface area (Å²) in [6, 6.07) is 13.9. The lowest BCUT2D eigenvalue weighted by Gasteiger charge is -2.41. The van der Waals surface area contributed by atoms with Crippen molar-refractivity contribution in [3.05, 3.63) is 88.1 Å². The molecule has 0 radical (unpaired) electrons. The first-order chi connectivity index (χ1) is 16.9. The van der Waals surface area contributed by atoms with Crippen LogP contribution < -0.4 is 10.2 Å². The number of fused-ring (bicyclic) bond motifs is 1. The lowest BCUT2D eigenvalue weighted by Crippen LogP contribution is -2.57. The molecule has 0 spiro atoms. The van der Waals surface area contributed by atoms with Crippen LogP contribution in [0.4, 0.5) is 15.0 Å². The van der Waals surface area contributed by atoms with Crippen molar-refractivity contribution in [2.45, 2.75) is 32.4 Å². The van der Waals surface area contributed by atoms with Gasteiger partial charge in [0, 0.05) is 42.7 Å². The fraction of sp³-hybridized carbons (Fsp3) is 0.296. The van der Waals surface area contributed by atoms with Gasteiger partial charge in [0.05, 0.1) is 11.7 Å². The summed E-state index contributed by atoms with van der Waals surface area (Å²) < 4.78 is 13.4. The lowest BCUT2D eigenvalue weighted by molar-refractivity contribution is 0.168. The zero-order valence-corrected chi connectivity index (χ0v) is 20.5. The third-order valence-corrected chi connectivity index (χ3v) is 6.99. The fourth-order valence-electron chi connectivity index (χ4n) is 4.77. The van der Waals surface area contributed by atoms with Crippen LogP contribution in [0.5, 0.6) is 0 Å². The number of nitrogens with one attached hydrogen (secondary N) is 1. The van der Waals surface area contributed by atoms with Crippen molar-refractivity contribution in [1.82, 2.24) is 20.2 Å². The van der Waals surface area contributed by atoms with Gasteiger partial charge in [0.1, 0.15) is 18.0 Å². The van der Waals surface area contributed by atoms with Crippen LogP contribution in [-0.2, 0) is 6.42 Å². The van der Waals surface area contributed by atoms with E-state index in [1.165, 1.54) is 12.1 Å². The molecule has 2 aromatic carbocycles. The van der Waals surface area contributed by atoms with E-state index < -0.39 is 0 Å². The molecular formula is C27H27ClFN5O. The van der Waals surface area contributed by atoms with Gasteiger partial charge in [-0.1, -0.05) is 35.9 Å². The number of halogens is 2. The van der Waals surface area contributed by atoms with Crippen LogP contribution >= 0.6 is 11.6 Å². The number of carbonyl (C=O) groups excluding carboxylic acids is 1. The first-order valence-electron chi connectivity index (χ1n) is 11.8. The molecule has 1 aliphatic carbocycles. The zero-order chi connectivity index (χ0) is 24.5. The summed E-state index contributed by atoms with van der Waals surface area (Å²) in [6.07, 6.45) is 4.40. The maximum Gasteiger partial charge on any atom is 0.318 e. The van der Waals surface area contributed by atoms with Gasteiger partial charge in [0.25, 0.3) is 0 Å². The minimum absolute atomic E-state index is 0.00809. The SMILES string of the molecule is C[C@H](NC(=O)N1CCN(c2ncnc3c2C=C(c2ccc(F)cc2)C3)C[C@H]1C)c1ccc(Cl)cc1. The summed E-state index contributed by atoms with van der Waals surface area (Å²) in [4.78, 5) is 26.2. The van der Waals surface area contributed by atoms with Gasteiger partial charge >= 0.3 is 6.03 Å². The van der Waals surface area contributed by atoms with Crippen LogP contribution in [-0.4, -0.2) is 46.6 Å². The van der Waals surface area contributed by atoms with E-state index in [1.807, 2.05) is 36.1 Å². The Labute approximate surface area is 209 Å². The lowest BCUT2D eigenvalue weighted by atomic mass is 10.1. The Morgan fingerprint density at radius 2 is 1.86 bits per heavy atom. The van der Waals surface area contributed by atoms with Crippen molar-refractivity contribution in [1.29, 1.82) is 0 Å². The number of nitrogens with zero attached hydrogens (tertiary/aromatic N) is 4. The van der Waals surface area contributed by atoms with E-state index in [-0.39, 0.29) is 23.9 Å². The molecule has 1 saturated heterocycles. The molecule has 2 heterocycles. The summed E-state index contributed by atoms with van der Waals surface area (Å²) in [5.41, 5.74) is 5.07. The molecule has 2 amide bonds. The normalized spacial score (nSPS) is 18.2. The van der Waals surface area contributed by atoms with Crippen LogP contribution in [0.25, 0.3) is 11.6 Å². The average molecular weight is 492 g/mol. The van der Waals surface area contributed by atoms with Crippen molar-refractivity contribution in [2.75, 3.05) is 24.5 Å². The summed E-state index contributed by atoms with van der Waals surface area (Å²) in [5, 5.41) is 3.78. The molecular weight excluding hydrogens is 465 g/mol. The number of benzene rings is 2. The van der Waals surface area contributed by atoms with Gasteiger partial charge in [-0.15, -0.1) is 0 Å². The number of urea groups is 1. The standard InChI is InChI=1S/C27H27ClFN5O/c1-17-15-33(11-12-34(17)27(35)32-18(2)19-3-7-22(28)8-4-19)26-24-13-21(14-25(24)30-16-31-26)20-5-9-23(29)10-6-20/h3-10,13,16-18H,11-12,14-15H2,1-2H3,(H,32,35)/t17-,18+/m1/s1. The Balaban J connectivity index is 1.27. The number of amides is 2. The number of allylic oxidation sites excluding steroid dienone is 1. The molecule has 1 aliphatic heterocycles. The van der Waals surface area contributed by atoms with E-state index >= 15 is 0 Å². The molecule has 0 bridgehead atoms. The molecule has 2 aliphatic rings. The molecule has 3 aromatic rings. The van der Waals surface area contributed by atoms with Gasteiger partial charge in [-0.2, -0.15) is 0 Å². The highest BCUT2D eigenvalue weighted by molar-refractivity contribution is 6.30. The second kappa shape index (κ2) is 9.66. The van der Waals surface area contributed by atoms with Crippen LogP contribution in [0, 0.1) is 5.82 Å². The number of hydrogen-bond donors (Lipinski definition) is 1. The van der Waals surface area contributed by atoms with Crippen LogP contribution in [0.3, 0.4) is 0 Å². The topological polar surface area (TPSA) is 61.4 Å². The largest absolute Gasteiger partial charge is 0.352 e. The van der Waals surface area contributed by atoms with Gasteiger partial charge in [0.15, 0.2) is 0 Å². The number of anilines is 1. The van der Waals surface area contributed by atoms with E-state index in [4.69, 9.17) is 11.6 Å². The highest BCUT2D eigenvalue weighted by atomic mass is 35.5. The minimum atomic E-state index is -0.246. The van der Waals surface area contributed by atoms with Crippen molar-refractivity contribution in [3.8, 4) is 0 Å². The smallest absolute Gasteiger partial charge is 0.318 e. The highest BCUT2D eigenvalue weighted by Crippen LogP contribution is 2.35. The Kier molecular flexibility index (Phi) is 6.43. The Hall–Kier alpha value is -3.45. The van der Waals surface area contributed by atoms with Crippen molar-refractivity contribution in [2.24, 2.45) is 0 Å².